The number of carboxylic acids is 1. The molecule has 0 radical (unpaired) electrons. The molecule has 0 bridgehead atoms. The predicted octanol–water partition coefficient (Wildman–Crippen LogP) is 0.330. The van der Waals surface area contributed by atoms with Gasteiger partial charge in [0.05, 0.1) is 11.6 Å². The number of nitrogens with zero attached hydrogens (tertiary/aromatic N) is 2. The van der Waals surface area contributed by atoms with Gasteiger partial charge in [0, 0.05) is 31.9 Å². The molecular formula is C11H18N4O3. The second kappa shape index (κ2) is 5.52. The first-order chi connectivity index (χ1) is 8.31. The zero-order valence-corrected chi connectivity index (χ0v) is 10.7. The van der Waals surface area contributed by atoms with E-state index in [0.717, 1.165) is 5.56 Å². The molecule has 1 aromatic rings. The highest BCUT2D eigenvalue weighted by atomic mass is 16.4. The van der Waals surface area contributed by atoms with Crippen molar-refractivity contribution in [2.75, 3.05) is 6.54 Å². The summed E-state index contributed by atoms with van der Waals surface area (Å²) in [6, 6.07) is -0.395. The maximum absolute atomic E-state index is 11.5. The molecular weight excluding hydrogens is 236 g/mol. The van der Waals surface area contributed by atoms with Gasteiger partial charge in [-0.05, 0) is 13.8 Å². The number of hydrogen-bond donors (Lipinski definition) is 3. The van der Waals surface area contributed by atoms with Gasteiger partial charge in [-0.2, -0.15) is 5.10 Å². The highest BCUT2D eigenvalue weighted by Gasteiger charge is 2.27. The minimum Gasteiger partial charge on any atom is -0.481 e. The van der Waals surface area contributed by atoms with Crippen LogP contribution in [0.15, 0.2) is 12.4 Å². The summed E-state index contributed by atoms with van der Waals surface area (Å²) >= 11 is 0. The SMILES string of the molecule is Cn1cc(CNC(=O)NCC(C)(C)C(=O)O)cn1. The van der Waals surface area contributed by atoms with Gasteiger partial charge in [-0.15, -0.1) is 0 Å². The molecule has 0 saturated carbocycles. The molecule has 0 spiro atoms. The lowest BCUT2D eigenvalue weighted by Crippen LogP contribution is -2.43. The van der Waals surface area contributed by atoms with Crippen molar-refractivity contribution in [3.8, 4) is 0 Å². The summed E-state index contributed by atoms with van der Waals surface area (Å²) in [4.78, 5) is 22.3. The van der Waals surface area contributed by atoms with E-state index in [9.17, 15) is 9.59 Å². The van der Waals surface area contributed by atoms with Crippen molar-refractivity contribution in [3.63, 3.8) is 0 Å². The number of carbonyl (C=O) groups is 2. The summed E-state index contributed by atoms with van der Waals surface area (Å²) in [7, 11) is 1.79. The summed E-state index contributed by atoms with van der Waals surface area (Å²) in [5.41, 5.74) is -0.101. The van der Waals surface area contributed by atoms with Crippen LogP contribution in [0.25, 0.3) is 0 Å². The number of aromatic nitrogens is 2. The first-order valence-corrected chi connectivity index (χ1v) is 5.54. The van der Waals surface area contributed by atoms with Gasteiger partial charge in [-0.25, -0.2) is 4.79 Å². The van der Waals surface area contributed by atoms with E-state index < -0.39 is 17.4 Å². The average molecular weight is 254 g/mol. The summed E-state index contributed by atoms with van der Waals surface area (Å²) in [5.74, 6) is -0.949. The molecule has 7 heteroatoms. The fourth-order valence-electron chi connectivity index (χ4n) is 1.18. The number of hydrogen-bond acceptors (Lipinski definition) is 3. The number of urea groups is 1. The molecule has 1 aromatic heterocycles. The molecule has 18 heavy (non-hydrogen) atoms. The minimum absolute atomic E-state index is 0.0706. The Hall–Kier alpha value is -2.05. The molecule has 0 aliphatic heterocycles. The second-order valence-electron chi connectivity index (χ2n) is 4.75. The maximum atomic E-state index is 11.5. The Morgan fingerprint density at radius 2 is 2.11 bits per heavy atom. The number of carbonyl (C=O) groups excluding carboxylic acids is 1. The van der Waals surface area contributed by atoms with E-state index in [1.807, 2.05) is 0 Å². The summed E-state index contributed by atoms with van der Waals surface area (Å²) in [6.07, 6.45) is 3.45. The summed E-state index contributed by atoms with van der Waals surface area (Å²) in [5, 5.41) is 18.0. The molecule has 2 amide bonds. The van der Waals surface area contributed by atoms with Crippen LogP contribution in [-0.2, 0) is 18.4 Å². The Morgan fingerprint density at radius 1 is 1.44 bits per heavy atom. The van der Waals surface area contributed by atoms with Crippen molar-refractivity contribution in [3.05, 3.63) is 18.0 Å². The van der Waals surface area contributed by atoms with Crippen LogP contribution in [0.1, 0.15) is 19.4 Å². The normalized spacial score (nSPS) is 11.1. The molecule has 0 unspecified atom stereocenters. The zero-order chi connectivity index (χ0) is 13.8. The van der Waals surface area contributed by atoms with Crippen molar-refractivity contribution in [2.45, 2.75) is 20.4 Å². The topological polar surface area (TPSA) is 96.2 Å². The first-order valence-electron chi connectivity index (χ1n) is 5.54. The number of amides is 2. The highest BCUT2D eigenvalue weighted by molar-refractivity contribution is 5.77. The van der Waals surface area contributed by atoms with Crippen LogP contribution in [0, 0.1) is 5.41 Å². The number of carboxylic acid groups (broad SMARTS) is 1. The fraction of sp³-hybridized carbons (Fsp3) is 0.545. The van der Waals surface area contributed by atoms with Crippen LogP contribution in [-0.4, -0.2) is 33.4 Å². The Bertz CT molecular complexity index is 439. The molecule has 0 fully saturated rings. The molecule has 3 N–H and O–H groups in total. The predicted molar refractivity (Wildman–Crippen MR) is 64.9 cm³/mol. The van der Waals surface area contributed by atoms with E-state index in [2.05, 4.69) is 15.7 Å². The van der Waals surface area contributed by atoms with Crippen molar-refractivity contribution < 1.29 is 14.7 Å². The standard InChI is InChI=1S/C11H18N4O3/c1-11(2,9(16)17)7-13-10(18)12-4-8-5-14-15(3)6-8/h5-6H,4,7H2,1-3H3,(H,16,17)(H2,12,13,18). The lowest BCUT2D eigenvalue weighted by molar-refractivity contribution is -0.146. The number of aliphatic carboxylic acids is 1. The van der Waals surface area contributed by atoms with Gasteiger partial charge in [0.25, 0.3) is 0 Å². The van der Waals surface area contributed by atoms with Crippen LogP contribution in [0.4, 0.5) is 4.79 Å². The fourth-order valence-corrected chi connectivity index (χ4v) is 1.18. The number of nitrogens with one attached hydrogen (secondary N) is 2. The Labute approximate surface area is 105 Å². The van der Waals surface area contributed by atoms with Gasteiger partial charge >= 0.3 is 12.0 Å². The lowest BCUT2D eigenvalue weighted by Gasteiger charge is -2.19. The second-order valence-corrected chi connectivity index (χ2v) is 4.75. The van der Waals surface area contributed by atoms with E-state index in [0.29, 0.717) is 6.54 Å². The Kier molecular flexibility index (Phi) is 4.30. The van der Waals surface area contributed by atoms with Crippen molar-refractivity contribution in [1.29, 1.82) is 0 Å². The lowest BCUT2D eigenvalue weighted by atomic mass is 9.94. The van der Waals surface area contributed by atoms with Crippen LogP contribution < -0.4 is 10.6 Å². The molecule has 0 saturated heterocycles. The molecule has 0 atom stereocenters. The zero-order valence-electron chi connectivity index (χ0n) is 10.7. The van der Waals surface area contributed by atoms with Gasteiger partial charge in [-0.3, -0.25) is 9.48 Å². The molecule has 100 valence electrons. The van der Waals surface area contributed by atoms with E-state index in [4.69, 9.17) is 5.11 Å². The van der Waals surface area contributed by atoms with Crippen LogP contribution in [0.5, 0.6) is 0 Å². The summed E-state index contributed by atoms with van der Waals surface area (Å²) in [6.45, 7) is 3.53. The molecule has 0 aliphatic carbocycles. The maximum Gasteiger partial charge on any atom is 0.315 e. The minimum atomic E-state index is -0.981. The van der Waals surface area contributed by atoms with Crippen molar-refractivity contribution in [2.24, 2.45) is 12.5 Å². The third-order valence-corrected chi connectivity index (χ3v) is 2.48. The van der Waals surface area contributed by atoms with Gasteiger partial charge in [-0.1, -0.05) is 0 Å². The Morgan fingerprint density at radius 3 is 2.61 bits per heavy atom. The molecule has 1 rings (SSSR count). The van der Waals surface area contributed by atoms with Crippen LogP contribution in [0.2, 0.25) is 0 Å². The van der Waals surface area contributed by atoms with Gasteiger partial charge in [0.15, 0.2) is 0 Å². The van der Waals surface area contributed by atoms with Crippen molar-refractivity contribution >= 4 is 12.0 Å². The average Bonchev–Trinajstić information content (AvgIpc) is 2.69. The molecule has 7 nitrogen and oxygen atoms in total. The van der Waals surface area contributed by atoms with E-state index in [-0.39, 0.29) is 6.54 Å². The number of rotatable bonds is 5. The van der Waals surface area contributed by atoms with E-state index >= 15 is 0 Å². The number of aryl methyl sites for hydroxylation is 1. The molecule has 0 aliphatic rings. The highest BCUT2D eigenvalue weighted by Crippen LogP contribution is 2.12. The van der Waals surface area contributed by atoms with Gasteiger partial charge < -0.3 is 15.7 Å². The Balaban J connectivity index is 2.32. The van der Waals surface area contributed by atoms with Crippen LogP contribution >= 0.6 is 0 Å². The van der Waals surface area contributed by atoms with Gasteiger partial charge in [0.2, 0.25) is 0 Å². The largest absolute Gasteiger partial charge is 0.481 e. The summed E-state index contributed by atoms with van der Waals surface area (Å²) < 4.78 is 1.64. The van der Waals surface area contributed by atoms with Crippen molar-refractivity contribution in [1.82, 2.24) is 20.4 Å². The third-order valence-electron chi connectivity index (χ3n) is 2.48. The smallest absolute Gasteiger partial charge is 0.315 e. The molecule has 0 aromatic carbocycles. The monoisotopic (exact) mass is 254 g/mol. The van der Waals surface area contributed by atoms with Crippen LogP contribution in [0.3, 0.4) is 0 Å². The molecule has 1 heterocycles. The van der Waals surface area contributed by atoms with E-state index in [1.165, 1.54) is 0 Å². The first kappa shape index (κ1) is 14.0. The third kappa shape index (κ3) is 4.08. The quantitative estimate of drug-likeness (QED) is 0.705. The van der Waals surface area contributed by atoms with Gasteiger partial charge in [0.1, 0.15) is 0 Å². The van der Waals surface area contributed by atoms with E-state index in [1.54, 1.807) is 38.0 Å².